The lowest BCUT2D eigenvalue weighted by molar-refractivity contribution is -0.137. The maximum Gasteiger partial charge on any atom is 0.253 e. The topological polar surface area (TPSA) is 53.1 Å². The molecule has 35 heavy (non-hydrogen) atoms. The van der Waals surface area contributed by atoms with Crippen LogP contribution in [0.4, 0.5) is 4.39 Å². The molecule has 2 amide bonds. The Balaban J connectivity index is 1.53. The predicted octanol–water partition coefficient (Wildman–Crippen LogP) is 4.60. The van der Waals surface area contributed by atoms with Crippen molar-refractivity contribution < 1.29 is 18.7 Å². The number of rotatable bonds is 6. The fraction of sp³-hybridized carbons (Fsp3) is 0.462. The molecule has 0 saturated carbocycles. The fourth-order valence-corrected chi connectivity index (χ4v) is 5.06. The highest BCUT2D eigenvalue weighted by molar-refractivity contribution is 6.42. The van der Waals surface area contributed by atoms with Gasteiger partial charge in [0.2, 0.25) is 5.91 Å². The van der Waals surface area contributed by atoms with Crippen LogP contribution in [0.2, 0.25) is 10.0 Å². The second-order valence-corrected chi connectivity index (χ2v) is 10.4. The summed E-state index contributed by atoms with van der Waals surface area (Å²) < 4.78 is 19.4. The Labute approximate surface area is 215 Å². The molecule has 2 fully saturated rings. The van der Waals surface area contributed by atoms with Gasteiger partial charge in [0.15, 0.2) is 0 Å². The van der Waals surface area contributed by atoms with Crippen LogP contribution in [0.5, 0.6) is 5.75 Å². The van der Waals surface area contributed by atoms with Gasteiger partial charge >= 0.3 is 0 Å². The molecule has 0 N–H and O–H groups in total. The molecule has 4 rings (SSSR count). The van der Waals surface area contributed by atoms with Crippen LogP contribution in [0.1, 0.15) is 29.6 Å². The quantitative estimate of drug-likeness (QED) is 0.557. The molecule has 0 spiro atoms. The van der Waals surface area contributed by atoms with E-state index >= 15 is 0 Å². The molecule has 1 atom stereocenters. The molecule has 6 nitrogen and oxygen atoms in total. The van der Waals surface area contributed by atoms with Crippen molar-refractivity contribution in [1.82, 2.24) is 14.7 Å². The van der Waals surface area contributed by atoms with Crippen molar-refractivity contribution in [2.75, 3.05) is 52.9 Å². The van der Waals surface area contributed by atoms with E-state index in [9.17, 15) is 14.0 Å². The van der Waals surface area contributed by atoms with E-state index in [0.717, 1.165) is 25.9 Å². The summed E-state index contributed by atoms with van der Waals surface area (Å²) in [4.78, 5) is 32.5. The minimum Gasteiger partial charge on any atom is -0.493 e. The van der Waals surface area contributed by atoms with Crippen LogP contribution in [-0.4, -0.2) is 79.4 Å². The van der Waals surface area contributed by atoms with E-state index in [1.807, 2.05) is 11.9 Å². The number of likely N-dealkylation sites (tertiary alicyclic amines) is 1. The number of likely N-dealkylation sites (N-methyl/N-ethyl adjacent to an activating group) is 1. The number of amides is 2. The molecule has 2 aromatic rings. The van der Waals surface area contributed by atoms with Crippen molar-refractivity contribution >= 4 is 35.0 Å². The number of piperazine rings is 1. The summed E-state index contributed by atoms with van der Waals surface area (Å²) in [6, 6.07) is 10.7. The summed E-state index contributed by atoms with van der Waals surface area (Å²) in [6.45, 7) is 4.28. The Morgan fingerprint density at radius 2 is 1.69 bits per heavy atom. The molecule has 0 aromatic heterocycles. The van der Waals surface area contributed by atoms with Gasteiger partial charge < -0.3 is 19.4 Å². The van der Waals surface area contributed by atoms with Gasteiger partial charge in [-0.1, -0.05) is 23.2 Å². The second-order valence-electron chi connectivity index (χ2n) is 9.56. The van der Waals surface area contributed by atoms with Crippen molar-refractivity contribution in [3.63, 3.8) is 0 Å². The lowest BCUT2D eigenvalue weighted by atomic mass is 9.77. The third-order valence-corrected chi connectivity index (χ3v) is 7.60. The standard InChI is InChI=1S/C26H30Cl2FN3O3/c1-30-11-13-31(14-12-30)24(33)16-26(18-35-21-6-4-20(29)5-7-21)9-2-10-32(17-26)25(34)19-3-8-22(27)23(28)15-19/h3-8,15H,2,9-14,16-18H2,1H3. The molecule has 1 unspecified atom stereocenters. The summed E-state index contributed by atoms with van der Waals surface area (Å²) in [5.41, 5.74) is -0.0982. The van der Waals surface area contributed by atoms with Crippen LogP contribution in [0.25, 0.3) is 0 Å². The average molecular weight is 522 g/mol. The number of carbonyl (C=O) groups excluding carboxylic acids is 2. The number of carbonyl (C=O) groups is 2. The number of halogens is 3. The van der Waals surface area contributed by atoms with Gasteiger partial charge in [0.25, 0.3) is 5.91 Å². The largest absolute Gasteiger partial charge is 0.493 e. The molecule has 0 radical (unpaired) electrons. The summed E-state index contributed by atoms with van der Waals surface area (Å²) in [5.74, 6) is 0.116. The number of ether oxygens (including phenoxy) is 1. The first-order valence-electron chi connectivity index (χ1n) is 11.8. The maximum absolute atomic E-state index is 13.3. The highest BCUT2D eigenvalue weighted by Gasteiger charge is 2.41. The first-order chi connectivity index (χ1) is 16.7. The lowest BCUT2D eigenvalue weighted by Gasteiger charge is -2.43. The molecule has 9 heteroatoms. The van der Waals surface area contributed by atoms with Crippen molar-refractivity contribution in [2.24, 2.45) is 5.41 Å². The Bertz CT molecular complexity index is 1060. The van der Waals surface area contributed by atoms with E-state index < -0.39 is 5.41 Å². The van der Waals surface area contributed by atoms with Crippen LogP contribution >= 0.6 is 23.2 Å². The SMILES string of the molecule is CN1CCN(C(=O)CC2(COc3ccc(F)cc3)CCCN(C(=O)c3ccc(Cl)c(Cl)c3)C2)CC1. The molecule has 2 aromatic carbocycles. The monoisotopic (exact) mass is 521 g/mol. The summed E-state index contributed by atoms with van der Waals surface area (Å²) in [6.07, 6.45) is 1.78. The first-order valence-corrected chi connectivity index (χ1v) is 12.6. The van der Waals surface area contributed by atoms with Gasteiger partial charge in [-0.25, -0.2) is 4.39 Å². The smallest absolute Gasteiger partial charge is 0.253 e. The molecule has 2 aliphatic heterocycles. The predicted molar refractivity (Wildman–Crippen MR) is 135 cm³/mol. The molecule has 0 aliphatic carbocycles. The van der Waals surface area contributed by atoms with E-state index in [1.54, 1.807) is 35.2 Å². The molecule has 188 valence electrons. The Kier molecular flexibility index (Phi) is 8.19. The van der Waals surface area contributed by atoms with Gasteiger partial charge in [0.05, 0.1) is 16.7 Å². The fourth-order valence-electron chi connectivity index (χ4n) is 4.76. The van der Waals surface area contributed by atoms with E-state index in [2.05, 4.69) is 4.90 Å². The van der Waals surface area contributed by atoms with Crippen molar-refractivity contribution in [1.29, 1.82) is 0 Å². The van der Waals surface area contributed by atoms with E-state index in [4.69, 9.17) is 27.9 Å². The number of hydrogen-bond donors (Lipinski definition) is 0. The van der Waals surface area contributed by atoms with Crippen molar-refractivity contribution in [3.05, 3.63) is 63.9 Å². The van der Waals surface area contributed by atoms with Gasteiger partial charge in [-0.15, -0.1) is 0 Å². The summed E-state index contributed by atoms with van der Waals surface area (Å²) in [5, 5.41) is 0.715. The lowest BCUT2D eigenvalue weighted by Crippen LogP contribution is -2.53. The minimum absolute atomic E-state index is 0.0737. The third kappa shape index (κ3) is 6.46. The maximum atomic E-state index is 13.3. The van der Waals surface area contributed by atoms with Crippen LogP contribution in [-0.2, 0) is 4.79 Å². The van der Waals surface area contributed by atoms with E-state index in [0.29, 0.717) is 47.5 Å². The zero-order chi connectivity index (χ0) is 25.0. The third-order valence-electron chi connectivity index (χ3n) is 6.86. The Morgan fingerprint density at radius 1 is 0.971 bits per heavy atom. The Hall–Kier alpha value is -2.35. The van der Waals surface area contributed by atoms with Gasteiger partial charge in [-0.05, 0) is 62.4 Å². The average Bonchev–Trinajstić information content (AvgIpc) is 2.85. The zero-order valence-corrected chi connectivity index (χ0v) is 21.3. The van der Waals surface area contributed by atoms with Crippen LogP contribution < -0.4 is 4.74 Å². The van der Waals surface area contributed by atoms with Crippen molar-refractivity contribution in [3.8, 4) is 5.75 Å². The molecule has 0 bridgehead atoms. The number of benzene rings is 2. The molecule has 2 aliphatic rings. The van der Waals surface area contributed by atoms with Crippen molar-refractivity contribution in [2.45, 2.75) is 19.3 Å². The first kappa shape index (κ1) is 25.7. The minimum atomic E-state index is -0.557. The molecular formula is C26H30Cl2FN3O3. The van der Waals surface area contributed by atoms with Gasteiger partial charge in [-0.2, -0.15) is 0 Å². The molecular weight excluding hydrogens is 492 g/mol. The van der Waals surface area contributed by atoms with Gasteiger partial charge in [0.1, 0.15) is 11.6 Å². The highest BCUT2D eigenvalue weighted by atomic mass is 35.5. The molecule has 2 saturated heterocycles. The number of hydrogen-bond acceptors (Lipinski definition) is 4. The van der Waals surface area contributed by atoms with E-state index in [-0.39, 0.29) is 30.7 Å². The number of piperidine rings is 1. The molecule has 2 heterocycles. The van der Waals surface area contributed by atoms with Crippen LogP contribution in [0.3, 0.4) is 0 Å². The Morgan fingerprint density at radius 3 is 2.37 bits per heavy atom. The van der Waals surface area contributed by atoms with E-state index in [1.165, 1.54) is 12.1 Å². The zero-order valence-electron chi connectivity index (χ0n) is 19.8. The van der Waals surface area contributed by atoms with Gasteiger partial charge in [-0.3, -0.25) is 9.59 Å². The number of nitrogens with zero attached hydrogens (tertiary/aromatic N) is 3. The second kappa shape index (κ2) is 11.1. The highest BCUT2D eigenvalue weighted by Crippen LogP contribution is 2.36. The van der Waals surface area contributed by atoms with Crippen LogP contribution in [0.15, 0.2) is 42.5 Å². The normalized spacial score (nSPS) is 21.1. The summed E-state index contributed by atoms with van der Waals surface area (Å²) >= 11 is 12.2. The van der Waals surface area contributed by atoms with Gasteiger partial charge in [0, 0.05) is 56.7 Å². The van der Waals surface area contributed by atoms with Crippen LogP contribution in [0, 0.1) is 11.2 Å². The summed E-state index contributed by atoms with van der Waals surface area (Å²) in [7, 11) is 2.05.